The number of fused-ring (bicyclic) bond motifs is 1. The van der Waals surface area contributed by atoms with Crippen molar-refractivity contribution in [3.05, 3.63) is 27.2 Å². The van der Waals surface area contributed by atoms with Crippen LogP contribution in [0.15, 0.2) is 15.9 Å². The second-order valence-electron chi connectivity index (χ2n) is 7.86. The third-order valence-corrected chi connectivity index (χ3v) is 4.23. The summed E-state index contributed by atoms with van der Waals surface area (Å²) in [5, 5.41) is 2.74. The summed E-state index contributed by atoms with van der Waals surface area (Å²) in [6.07, 6.45) is 1.49. The van der Waals surface area contributed by atoms with Crippen LogP contribution in [0.2, 0.25) is 0 Å². The fourth-order valence-corrected chi connectivity index (χ4v) is 2.70. The fourth-order valence-electron chi connectivity index (χ4n) is 2.70. The number of rotatable bonds is 6. The largest absolute Gasteiger partial charge is 0.444 e. The van der Waals surface area contributed by atoms with Gasteiger partial charge < -0.3 is 19.5 Å². The Balaban J connectivity index is 1.92. The summed E-state index contributed by atoms with van der Waals surface area (Å²) in [5.41, 5.74) is -1.13. The summed E-state index contributed by atoms with van der Waals surface area (Å²) >= 11 is 0. The number of aromatic nitrogens is 4. The van der Waals surface area contributed by atoms with Crippen molar-refractivity contribution in [1.29, 1.82) is 0 Å². The lowest BCUT2D eigenvalue weighted by Crippen LogP contribution is -2.38. The monoisotopic (exact) mass is 408 g/mol. The second kappa shape index (κ2) is 8.50. The summed E-state index contributed by atoms with van der Waals surface area (Å²) in [5.74, 6) is -0.305. The van der Waals surface area contributed by atoms with Gasteiger partial charge in [-0.2, -0.15) is 0 Å². The molecule has 2 aromatic heterocycles. The van der Waals surface area contributed by atoms with Crippen LogP contribution in [0.5, 0.6) is 0 Å². The smallest absolute Gasteiger partial charge is 0.410 e. The summed E-state index contributed by atoms with van der Waals surface area (Å²) in [7, 11) is 4.53. The highest BCUT2D eigenvalue weighted by atomic mass is 16.6. The Bertz CT molecular complexity index is 1030. The number of hydrogen-bond donors (Lipinski definition) is 1. The van der Waals surface area contributed by atoms with Gasteiger partial charge in [0.25, 0.3) is 5.56 Å². The average Bonchev–Trinajstić information content (AvgIpc) is 3.03. The van der Waals surface area contributed by atoms with Crippen LogP contribution in [-0.2, 0) is 30.2 Å². The van der Waals surface area contributed by atoms with E-state index in [2.05, 4.69) is 10.3 Å². The van der Waals surface area contributed by atoms with E-state index in [-0.39, 0.29) is 23.6 Å². The Labute approximate surface area is 167 Å². The molecule has 0 aromatic carbocycles. The molecule has 0 aliphatic carbocycles. The zero-order valence-electron chi connectivity index (χ0n) is 17.7. The zero-order valence-corrected chi connectivity index (χ0v) is 17.7. The Morgan fingerprint density at radius 2 is 1.86 bits per heavy atom. The van der Waals surface area contributed by atoms with Crippen LogP contribution in [0.25, 0.3) is 11.2 Å². The molecular weight excluding hydrogens is 380 g/mol. The maximum atomic E-state index is 12.4. The number of aryl methyl sites for hydroxylation is 1. The third-order valence-electron chi connectivity index (χ3n) is 4.23. The Morgan fingerprint density at radius 1 is 1.21 bits per heavy atom. The predicted molar refractivity (Wildman–Crippen MR) is 107 cm³/mol. The number of ether oxygens (including phenoxy) is 1. The van der Waals surface area contributed by atoms with Crippen molar-refractivity contribution in [1.82, 2.24) is 28.9 Å². The van der Waals surface area contributed by atoms with Gasteiger partial charge in [-0.05, 0) is 27.2 Å². The highest BCUT2D eigenvalue weighted by Gasteiger charge is 2.19. The van der Waals surface area contributed by atoms with Crippen molar-refractivity contribution in [2.75, 3.05) is 20.1 Å². The minimum Gasteiger partial charge on any atom is -0.444 e. The van der Waals surface area contributed by atoms with Gasteiger partial charge in [0.2, 0.25) is 5.91 Å². The molecule has 0 bridgehead atoms. The lowest BCUT2D eigenvalue weighted by Gasteiger charge is -2.24. The SMILES string of the molecule is CN(CCCNC(=O)Cn1cnc2c1c(=O)n(C)c(=O)n2C)C(=O)OC(C)(C)C. The maximum absolute atomic E-state index is 12.4. The maximum Gasteiger partial charge on any atom is 0.410 e. The van der Waals surface area contributed by atoms with Crippen LogP contribution < -0.4 is 16.6 Å². The van der Waals surface area contributed by atoms with E-state index >= 15 is 0 Å². The molecule has 1 N–H and O–H groups in total. The van der Waals surface area contributed by atoms with Gasteiger partial charge >= 0.3 is 11.8 Å². The number of hydrogen-bond acceptors (Lipinski definition) is 6. The normalized spacial score (nSPS) is 11.5. The van der Waals surface area contributed by atoms with E-state index in [4.69, 9.17) is 4.74 Å². The fraction of sp³-hybridized carbons (Fsp3) is 0.611. The van der Waals surface area contributed by atoms with E-state index in [1.54, 1.807) is 27.8 Å². The van der Waals surface area contributed by atoms with Gasteiger partial charge in [-0.15, -0.1) is 0 Å². The van der Waals surface area contributed by atoms with E-state index in [1.165, 1.54) is 34.5 Å². The lowest BCUT2D eigenvalue weighted by molar-refractivity contribution is -0.121. The first-order valence-corrected chi connectivity index (χ1v) is 9.24. The molecule has 2 amide bonds. The molecule has 0 aliphatic heterocycles. The predicted octanol–water partition coefficient (Wildman–Crippen LogP) is -0.193. The third kappa shape index (κ3) is 5.24. The van der Waals surface area contributed by atoms with Gasteiger partial charge in [-0.3, -0.25) is 18.7 Å². The topological polar surface area (TPSA) is 120 Å². The van der Waals surface area contributed by atoms with Crippen LogP contribution >= 0.6 is 0 Å². The Hall–Kier alpha value is -3.11. The second-order valence-corrected chi connectivity index (χ2v) is 7.86. The molecule has 11 heteroatoms. The molecule has 2 heterocycles. The first kappa shape index (κ1) is 22.2. The van der Waals surface area contributed by atoms with Gasteiger partial charge in [-0.1, -0.05) is 0 Å². The summed E-state index contributed by atoms with van der Waals surface area (Å²) < 4.78 is 8.92. The minimum absolute atomic E-state index is 0.105. The van der Waals surface area contributed by atoms with Crippen molar-refractivity contribution in [2.24, 2.45) is 14.1 Å². The highest BCUT2D eigenvalue weighted by molar-refractivity contribution is 5.78. The summed E-state index contributed by atoms with van der Waals surface area (Å²) in [4.78, 5) is 54.0. The van der Waals surface area contributed by atoms with Gasteiger partial charge in [0.05, 0.1) is 6.33 Å². The summed E-state index contributed by atoms with van der Waals surface area (Å²) in [6, 6.07) is 0. The molecule has 29 heavy (non-hydrogen) atoms. The Morgan fingerprint density at radius 3 is 2.48 bits per heavy atom. The first-order valence-electron chi connectivity index (χ1n) is 9.24. The van der Waals surface area contributed by atoms with Crippen molar-refractivity contribution in [2.45, 2.75) is 39.3 Å². The Kier molecular flexibility index (Phi) is 6.50. The van der Waals surface area contributed by atoms with E-state index in [9.17, 15) is 19.2 Å². The molecule has 0 unspecified atom stereocenters. The molecule has 0 radical (unpaired) electrons. The van der Waals surface area contributed by atoms with Gasteiger partial charge in [0.15, 0.2) is 11.2 Å². The molecule has 160 valence electrons. The van der Waals surface area contributed by atoms with Crippen LogP contribution in [-0.4, -0.2) is 61.3 Å². The van der Waals surface area contributed by atoms with Gasteiger partial charge in [0, 0.05) is 34.2 Å². The van der Waals surface area contributed by atoms with E-state index in [0.29, 0.717) is 19.5 Å². The van der Waals surface area contributed by atoms with Crippen LogP contribution in [0.1, 0.15) is 27.2 Å². The van der Waals surface area contributed by atoms with Crippen LogP contribution in [0.4, 0.5) is 4.79 Å². The number of imidazole rings is 1. The van der Waals surface area contributed by atoms with Crippen molar-refractivity contribution in [3.8, 4) is 0 Å². The first-order chi connectivity index (χ1) is 13.4. The van der Waals surface area contributed by atoms with E-state index < -0.39 is 22.9 Å². The molecule has 0 fully saturated rings. The van der Waals surface area contributed by atoms with Crippen LogP contribution in [0.3, 0.4) is 0 Å². The molecule has 2 rings (SSSR count). The molecular formula is C18H28N6O5. The molecule has 0 spiro atoms. The molecule has 0 atom stereocenters. The molecule has 2 aromatic rings. The van der Waals surface area contributed by atoms with Gasteiger partial charge in [-0.25, -0.2) is 14.6 Å². The highest BCUT2D eigenvalue weighted by Crippen LogP contribution is 2.09. The molecule has 0 saturated carbocycles. The number of nitrogens with zero attached hydrogens (tertiary/aromatic N) is 5. The van der Waals surface area contributed by atoms with Gasteiger partial charge in [0.1, 0.15) is 12.1 Å². The summed E-state index contributed by atoms with van der Waals surface area (Å²) in [6.45, 7) is 6.06. The van der Waals surface area contributed by atoms with Crippen molar-refractivity contribution in [3.63, 3.8) is 0 Å². The number of nitrogens with one attached hydrogen (secondary N) is 1. The van der Waals surface area contributed by atoms with Crippen molar-refractivity contribution >= 4 is 23.2 Å². The average molecular weight is 408 g/mol. The standard InChI is InChI=1S/C18H28N6O5/c1-18(2,3)29-17(28)21(4)9-7-8-19-12(25)10-24-11-20-14-13(24)15(26)23(6)16(27)22(14)5/h11H,7-10H2,1-6H3,(H,19,25). The molecule has 0 aliphatic rings. The van der Waals surface area contributed by atoms with Crippen molar-refractivity contribution < 1.29 is 14.3 Å². The minimum atomic E-state index is -0.562. The number of carbonyl (C=O) groups is 2. The molecule has 11 nitrogen and oxygen atoms in total. The number of amides is 2. The quantitative estimate of drug-likeness (QED) is 0.662. The zero-order chi connectivity index (χ0) is 21.9. The number of carbonyl (C=O) groups excluding carboxylic acids is 2. The lowest BCUT2D eigenvalue weighted by atomic mass is 10.2. The van der Waals surface area contributed by atoms with Crippen LogP contribution in [0, 0.1) is 0 Å². The van der Waals surface area contributed by atoms with E-state index in [1.807, 2.05) is 0 Å². The molecule has 0 saturated heterocycles. The van der Waals surface area contributed by atoms with E-state index in [0.717, 1.165) is 4.57 Å².